The molecule has 1 fully saturated rings. The summed E-state index contributed by atoms with van der Waals surface area (Å²) in [5, 5.41) is 1.90. The highest BCUT2D eigenvalue weighted by atomic mass is 19.4. The third kappa shape index (κ3) is 3.76. The summed E-state index contributed by atoms with van der Waals surface area (Å²) in [6.45, 7) is 0.120. The van der Waals surface area contributed by atoms with Crippen molar-refractivity contribution in [2.45, 2.75) is 6.18 Å². The summed E-state index contributed by atoms with van der Waals surface area (Å²) in [4.78, 5) is 27.0. The maximum Gasteiger partial charge on any atom is 0.417 e. The predicted octanol–water partition coefficient (Wildman–Crippen LogP) is 0.977. The molecule has 0 aliphatic carbocycles. The van der Waals surface area contributed by atoms with E-state index in [0.29, 0.717) is 6.07 Å². The summed E-state index contributed by atoms with van der Waals surface area (Å²) in [6, 6.07) is 0.673. The first-order valence-corrected chi connectivity index (χ1v) is 5.91. The standard InChI is InChI=1S/C12H11F3N2O4/c13-12(14,15)9-1-2-16-3-8(9)11(19)17-10(18)7-4-20-6-21-5-7/h1-3,7H,4-6H2,(H,17,18,19). The number of hydrogen-bond acceptors (Lipinski definition) is 5. The van der Waals surface area contributed by atoms with E-state index in [1.54, 1.807) is 0 Å². The van der Waals surface area contributed by atoms with Crippen LogP contribution in [0.15, 0.2) is 18.5 Å². The molecule has 1 aliphatic heterocycles. The van der Waals surface area contributed by atoms with Crippen molar-refractivity contribution in [3.8, 4) is 0 Å². The molecule has 2 heterocycles. The van der Waals surface area contributed by atoms with Crippen molar-refractivity contribution in [1.29, 1.82) is 0 Å². The summed E-state index contributed by atoms with van der Waals surface area (Å²) < 4.78 is 48.1. The Balaban J connectivity index is 2.12. The third-order valence-electron chi connectivity index (χ3n) is 2.78. The van der Waals surface area contributed by atoms with Crippen molar-refractivity contribution in [2.24, 2.45) is 5.92 Å². The van der Waals surface area contributed by atoms with E-state index in [9.17, 15) is 22.8 Å². The van der Waals surface area contributed by atoms with Crippen LogP contribution in [0.3, 0.4) is 0 Å². The number of nitrogens with one attached hydrogen (secondary N) is 1. The number of aromatic nitrogens is 1. The molecular formula is C12H11F3N2O4. The summed E-state index contributed by atoms with van der Waals surface area (Å²) in [6.07, 6.45) is -3.03. The van der Waals surface area contributed by atoms with E-state index in [2.05, 4.69) is 4.98 Å². The smallest absolute Gasteiger partial charge is 0.355 e. The lowest BCUT2D eigenvalue weighted by Crippen LogP contribution is -2.42. The number of rotatable bonds is 2. The van der Waals surface area contributed by atoms with Gasteiger partial charge in [-0.25, -0.2) is 0 Å². The van der Waals surface area contributed by atoms with Gasteiger partial charge in [-0.2, -0.15) is 13.2 Å². The van der Waals surface area contributed by atoms with Crippen LogP contribution >= 0.6 is 0 Å². The second kappa shape index (κ2) is 6.19. The number of nitrogens with zero attached hydrogens (tertiary/aromatic N) is 1. The topological polar surface area (TPSA) is 77.5 Å². The summed E-state index contributed by atoms with van der Waals surface area (Å²) in [5.41, 5.74) is -1.87. The molecule has 0 bridgehead atoms. The highest BCUT2D eigenvalue weighted by Crippen LogP contribution is 2.31. The number of carbonyl (C=O) groups excluding carboxylic acids is 2. The zero-order valence-electron chi connectivity index (χ0n) is 10.6. The second-order valence-corrected chi connectivity index (χ2v) is 4.29. The lowest BCUT2D eigenvalue weighted by atomic mass is 10.1. The van der Waals surface area contributed by atoms with Gasteiger partial charge in [-0.05, 0) is 6.07 Å². The van der Waals surface area contributed by atoms with Gasteiger partial charge < -0.3 is 9.47 Å². The van der Waals surface area contributed by atoms with Crippen LogP contribution in [0.25, 0.3) is 0 Å². The number of carbonyl (C=O) groups is 2. The molecule has 114 valence electrons. The van der Waals surface area contributed by atoms with E-state index in [4.69, 9.17) is 9.47 Å². The van der Waals surface area contributed by atoms with Gasteiger partial charge in [-0.1, -0.05) is 0 Å². The molecule has 6 nitrogen and oxygen atoms in total. The minimum atomic E-state index is -4.71. The largest absolute Gasteiger partial charge is 0.417 e. The monoisotopic (exact) mass is 304 g/mol. The normalized spacial score (nSPS) is 16.5. The van der Waals surface area contributed by atoms with Gasteiger partial charge in [-0.15, -0.1) is 0 Å². The van der Waals surface area contributed by atoms with Crippen LogP contribution in [0.5, 0.6) is 0 Å². The molecule has 21 heavy (non-hydrogen) atoms. The van der Waals surface area contributed by atoms with E-state index >= 15 is 0 Å². The number of alkyl halides is 3. The number of halogens is 3. The molecule has 2 amide bonds. The van der Waals surface area contributed by atoms with E-state index < -0.39 is 35.0 Å². The van der Waals surface area contributed by atoms with Crippen LogP contribution in [0.2, 0.25) is 0 Å². The van der Waals surface area contributed by atoms with Gasteiger partial charge in [0, 0.05) is 12.4 Å². The molecule has 0 aromatic carbocycles. The van der Waals surface area contributed by atoms with E-state index in [1.165, 1.54) is 0 Å². The van der Waals surface area contributed by atoms with Crippen LogP contribution in [0, 0.1) is 5.92 Å². The van der Waals surface area contributed by atoms with Gasteiger partial charge >= 0.3 is 6.18 Å². The minimum Gasteiger partial charge on any atom is -0.355 e. The molecule has 1 aromatic heterocycles. The number of hydrogen-bond donors (Lipinski definition) is 1. The zero-order chi connectivity index (χ0) is 15.5. The zero-order valence-corrected chi connectivity index (χ0v) is 10.6. The minimum absolute atomic E-state index is 0.0400. The molecule has 1 N–H and O–H groups in total. The highest BCUT2D eigenvalue weighted by molar-refractivity contribution is 6.06. The first-order chi connectivity index (χ1) is 9.89. The number of imide groups is 1. The van der Waals surface area contributed by atoms with Gasteiger partial charge in [0.15, 0.2) is 0 Å². The summed E-state index contributed by atoms with van der Waals surface area (Å²) in [7, 11) is 0. The Morgan fingerprint density at radius 1 is 1.29 bits per heavy atom. The Morgan fingerprint density at radius 3 is 2.57 bits per heavy atom. The Hall–Kier alpha value is -2.00. The summed E-state index contributed by atoms with van der Waals surface area (Å²) >= 11 is 0. The number of ether oxygens (including phenoxy) is 2. The van der Waals surface area contributed by atoms with Gasteiger partial charge in [0.1, 0.15) is 6.79 Å². The van der Waals surface area contributed by atoms with Gasteiger partial charge in [0.05, 0.1) is 30.3 Å². The van der Waals surface area contributed by atoms with Crippen molar-refractivity contribution in [3.05, 3.63) is 29.6 Å². The molecule has 0 unspecified atom stereocenters. The quantitative estimate of drug-likeness (QED) is 0.824. The number of amides is 2. The van der Waals surface area contributed by atoms with Crippen molar-refractivity contribution in [3.63, 3.8) is 0 Å². The average molecular weight is 304 g/mol. The van der Waals surface area contributed by atoms with E-state index in [0.717, 1.165) is 12.4 Å². The maximum absolute atomic E-state index is 12.8. The lowest BCUT2D eigenvalue weighted by Gasteiger charge is -2.21. The molecular weight excluding hydrogens is 293 g/mol. The first kappa shape index (κ1) is 15.4. The van der Waals surface area contributed by atoms with Gasteiger partial charge in [-0.3, -0.25) is 19.9 Å². The molecule has 0 saturated carbocycles. The van der Waals surface area contributed by atoms with Gasteiger partial charge in [0.25, 0.3) is 5.91 Å². The molecule has 0 spiro atoms. The van der Waals surface area contributed by atoms with Crippen LogP contribution in [-0.2, 0) is 20.4 Å². The molecule has 0 atom stereocenters. The van der Waals surface area contributed by atoms with E-state index in [-0.39, 0.29) is 20.0 Å². The summed E-state index contributed by atoms with van der Waals surface area (Å²) in [5.74, 6) is -2.66. The Morgan fingerprint density at radius 2 is 1.95 bits per heavy atom. The second-order valence-electron chi connectivity index (χ2n) is 4.29. The SMILES string of the molecule is O=C(NC(=O)C1COCOC1)c1cnccc1C(F)(F)F. The molecule has 1 aromatic rings. The van der Waals surface area contributed by atoms with Crippen LogP contribution in [0.4, 0.5) is 13.2 Å². The first-order valence-electron chi connectivity index (χ1n) is 5.91. The van der Waals surface area contributed by atoms with Crippen LogP contribution in [-0.4, -0.2) is 36.8 Å². The highest BCUT2D eigenvalue weighted by Gasteiger charge is 2.36. The Labute approximate surface area is 117 Å². The predicted molar refractivity (Wildman–Crippen MR) is 62.0 cm³/mol. The number of pyridine rings is 1. The van der Waals surface area contributed by atoms with Crippen LogP contribution < -0.4 is 5.32 Å². The molecule has 9 heteroatoms. The lowest BCUT2D eigenvalue weighted by molar-refractivity contribution is -0.151. The van der Waals surface area contributed by atoms with Crippen molar-refractivity contribution < 1.29 is 32.2 Å². The third-order valence-corrected chi connectivity index (χ3v) is 2.78. The molecule has 1 aliphatic rings. The fraction of sp³-hybridized carbons (Fsp3) is 0.417. The Kier molecular flexibility index (Phi) is 4.53. The maximum atomic E-state index is 12.8. The van der Waals surface area contributed by atoms with Crippen molar-refractivity contribution in [1.82, 2.24) is 10.3 Å². The average Bonchev–Trinajstić information content (AvgIpc) is 2.47. The van der Waals surface area contributed by atoms with Gasteiger partial charge in [0.2, 0.25) is 5.91 Å². The fourth-order valence-electron chi connectivity index (χ4n) is 1.74. The molecule has 1 saturated heterocycles. The van der Waals surface area contributed by atoms with Crippen LogP contribution in [0.1, 0.15) is 15.9 Å². The fourth-order valence-corrected chi connectivity index (χ4v) is 1.74. The molecule has 0 radical (unpaired) electrons. The Bertz CT molecular complexity index is 542. The van der Waals surface area contributed by atoms with Crippen molar-refractivity contribution in [2.75, 3.05) is 20.0 Å². The van der Waals surface area contributed by atoms with Crippen molar-refractivity contribution >= 4 is 11.8 Å². The van der Waals surface area contributed by atoms with E-state index in [1.807, 2.05) is 5.32 Å². The molecule has 2 rings (SSSR count).